The van der Waals surface area contributed by atoms with Crippen molar-refractivity contribution in [2.45, 2.75) is 26.9 Å². The maximum absolute atomic E-state index is 12.8. The summed E-state index contributed by atoms with van der Waals surface area (Å²) in [6.07, 6.45) is -0.115. The molecule has 0 aliphatic heterocycles. The second kappa shape index (κ2) is 9.89. The first-order valence-corrected chi connectivity index (χ1v) is 9.82. The van der Waals surface area contributed by atoms with E-state index in [0.717, 1.165) is 5.69 Å². The van der Waals surface area contributed by atoms with Crippen molar-refractivity contribution in [2.24, 2.45) is 0 Å². The van der Waals surface area contributed by atoms with Crippen LogP contribution in [0.4, 0.5) is 5.69 Å². The number of nitrogens with one attached hydrogen (secondary N) is 1. The molecule has 0 saturated heterocycles. The largest absolute Gasteiger partial charge is 0.497 e. The highest BCUT2D eigenvalue weighted by molar-refractivity contribution is 6.05. The first-order chi connectivity index (χ1) is 14.5. The van der Waals surface area contributed by atoms with Crippen molar-refractivity contribution in [2.75, 3.05) is 19.0 Å². The molecule has 1 N–H and O–H groups in total. The van der Waals surface area contributed by atoms with Gasteiger partial charge in [-0.05, 0) is 57.2 Å². The zero-order valence-corrected chi connectivity index (χ0v) is 17.6. The summed E-state index contributed by atoms with van der Waals surface area (Å²) in [5.41, 5.74) is 2.60. The Morgan fingerprint density at radius 2 is 1.73 bits per heavy atom. The van der Waals surface area contributed by atoms with Crippen molar-refractivity contribution in [1.29, 1.82) is 0 Å². The van der Waals surface area contributed by atoms with Crippen molar-refractivity contribution in [3.05, 3.63) is 77.6 Å². The highest BCUT2D eigenvalue weighted by atomic mass is 16.5. The number of carbonyl (C=O) groups is 1. The van der Waals surface area contributed by atoms with Crippen LogP contribution in [0, 0.1) is 6.92 Å². The van der Waals surface area contributed by atoms with Gasteiger partial charge in [0.25, 0.3) is 5.91 Å². The van der Waals surface area contributed by atoms with E-state index in [9.17, 15) is 4.79 Å². The Bertz CT molecular complexity index is 1020. The standard InChI is InChI=1S/C24H26N2O4/c1-5-29-17(3)23-13-12-22(16(2)25-23)24(27)26-18-8-6-10-20(14-18)30-21-11-7-9-19(15-21)28-4/h6-15,17H,5H2,1-4H3,(H,26,27). The summed E-state index contributed by atoms with van der Waals surface area (Å²) in [5, 5.41) is 2.91. The minimum Gasteiger partial charge on any atom is -0.497 e. The summed E-state index contributed by atoms with van der Waals surface area (Å²) < 4.78 is 16.7. The number of rotatable bonds is 8. The van der Waals surface area contributed by atoms with Crippen LogP contribution in [0.3, 0.4) is 0 Å². The summed E-state index contributed by atoms with van der Waals surface area (Å²) in [7, 11) is 1.61. The number of carbonyl (C=O) groups excluding carboxylic acids is 1. The molecule has 3 aromatic rings. The van der Waals surface area contributed by atoms with Gasteiger partial charge in [0, 0.05) is 24.4 Å². The van der Waals surface area contributed by atoms with Crippen molar-refractivity contribution in [1.82, 2.24) is 4.98 Å². The molecule has 30 heavy (non-hydrogen) atoms. The predicted octanol–water partition coefficient (Wildman–Crippen LogP) is 5.54. The molecule has 1 heterocycles. The van der Waals surface area contributed by atoms with E-state index in [2.05, 4.69) is 10.3 Å². The number of anilines is 1. The zero-order valence-electron chi connectivity index (χ0n) is 17.6. The first-order valence-electron chi connectivity index (χ1n) is 9.82. The number of aryl methyl sites for hydroxylation is 1. The van der Waals surface area contributed by atoms with E-state index in [1.807, 2.05) is 63.2 Å². The summed E-state index contributed by atoms with van der Waals surface area (Å²) in [6.45, 7) is 6.31. The van der Waals surface area contributed by atoms with Crippen molar-refractivity contribution < 1.29 is 19.0 Å². The van der Waals surface area contributed by atoms with Crippen molar-refractivity contribution >= 4 is 11.6 Å². The number of amides is 1. The predicted molar refractivity (Wildman–Crippen MR) is 116 cm³/mol. The Labute approximate surface area is 176 Å². The molecule has 0 bridgehead atoms. The van der Waals surface area contributed by atoms with Crippen LogP contribution in [0.1, 0.15) is 41.7 Å². The molecule has 0 saturated carbocycles. The van der Waals surface area contributed by atoms with Crippen LogP contribution in [-0.2, 0) is 4.74 Å². The van der Waals surface area contributed by atoms with Gasteiger partial charge in [-0.25, -0.2) is 0 Å². The molecule has 0 spiro atoms. The molecule has 6 heteroatoms. The average Bonchev–Trinajstić information content (AvgIpc) is 2.74. The van der Waals surface area contributed by atoms with E-state index in [4.69, 9.17) is 14.2 Å². The lowest BCUT2D eigenvalue weighted by atomic mass is 10.1. The summed E-state index contributed by atoms with van der Waals surface area (Å²) in [4.78, 5) is 17.3. The smallest absolute Gasteiger partial charge is 0.257 e. The quantitative estimate of drug-likeness (QED) is 0.532. The Kier molecular flexibility index (Phi) is 7.03. The van der Waals surface area contributed by atoms with Crippen LogP contribution in [0.2, 0.25) is 0 Å². The third kappa shape index (κ3) is 5.36. The average molecular weight is 406 g/mol. The van der Waals surface area contributed by atoms with E-state index in [0.29, 0.717) is 40.8 Å². The lowest BCUT2D eigenvalue weighted by molar-refractivity contribution is 0.0732. The van der Waals surface area contributed by atoms with E-state index >= 15 is 0 Å². The fraction of sp³-hybridized carbons (Fsp3) is 0.250. The third-order valence-electron chi connectivity index (χ3n) is 4.55. The maximum Gasteiger partial charge on any atom is 0.257 e. The molecule has 1 unspecified atom stereocenters. The van der Waals surface area contributed by atoms with Gasteiger partial charge in [0.05, 0.1) is 30.2 Å². The maximum atomic E-state index is 12.8. The molecule has 156 valence electrons. The molecular weight excluding hydrogens is 380 g/mol. The van der Waals surface area contributed by atoms with Gasteiger partial charge < -0.3 is 19.5 Å². The van der Waals surface area contributed by atoms with Gasteiger partial charge in [-0.1, -0.05) is 12.1 Å². The fourth-order valence-electron chi connectivity index (χ4n) is 3.02. The van der Waals surface area contributed by atoms with Gasteiger partial charge >= 0.3 is 0 Å². The molecule has 1 amide bonds. The van der Waals surface area contributed by atoms with Crippen LogP contribution < -0.4 is 14.8 Å². The Hall–Kier alpha value is -3.38. The lowest BCUT2D eigenvalue weighted by Gasteiger charge is -2.14. The van der Waals surface area contributed by atoms with E-state index < -0.39 is 0 Å². The Morgan fingerprint density at radius 3 is 2.43 bits per heavy atom. The number of hydrogen-bond acceptors (Lipinski definition) is 5. The van der Waals surface area contributed by atoms with Gasteiger partial charge in [0.2, 0.25) is 0 Å². The lowest BCUT2D eigenvalue weighted by Crippen LogP contribution is -2.15. The number of benzene rings is 2. The summed E-state index contributed by atoms with van der Waals surface area (Å²) >= 11 is 0. The molecule has 6 nitrogen and oxygen atoms in total. The number of nitrogens with zero attached hydrogens (tertiary/aromatic N) is 1. The highest BCUT2D eigenvalue weighted by Crippen LogP contribution is 2.27. The van der Waals surface area contributed by atoms with Crippen LogP contribution >= 0.6 is 0 Å². The second-order valence-corrected chi connectivity index (χ2v) is 6.73. The number of methoxy groups -OCH3 is 1. The Morgan fingerprint density at radius 1 is 1.03 bits per heavy atom. The van der Waals surface area contributed by atoms with Crippen LogP contribution in [0.25, 0.3) is 0 Å². The molecule has 1 atom stereocenters. The van der Waals surface area contributed by atoms with Crippen LogP contribution in [-0.4, -0.2) is 24.6 Å². The van der Waals surface area contributed by atoms with Crippen molar-refractivity contribution in [3.63, 3.8) is 0 Å². The fourth-order valence-corrected chi connectivity index (χ4v) is 3.02. The molecular formula is C24H26N2O4. The van der Waals surface area contributed by atoms with E-state index in [1.165, 1.54) is 0 Å². The van der Waals surface area contributed by atoms with Gasteiger partial charge in [-0.3, -0.25) is 9.78 Å². The van der Waals surface area contributed by atoms with Gasteiger partial charge in [0.15, 0.2) is 0 Å². The minimum absolute atomic E-state index is 0.115. The number of ether oxygens (including phenoxy) is 3. The van der Waals surface area contributed by atoms with E-state index in [-0.39, 0.29) is 12.0 Å². The summed E-state index contributed by atoms with van der Waals surface area (Å²) in [5.74, 6) is 1.74. The normalized spacial score (nSPS) is 11.6. The van der Waals surface area contributed by atoms with Gasteiger partial charge in [-0.15, -0.1) is 0 Å². The highest BCUT2D eigenvalue weighted by Gasteiger charge is 2.14. The Balaban J connectivity index is 1.72. The van der Waals surface area contributed by atoms with Crippen LogP contribution in [0.5, 0.6) is 17.2 Å². The molecule has 2 aromatic carbocycles. The minimum atomic E-state index is -0.228. The number of hydrogen-bond donors (Lipinski definition) is 1. The molecule has 3 rings (SSSR count). The molecule has 0 aliphatic rings. The zero-order chi connectivity index (χ0) is 21.5. The first kappa shape index (κ1) is 21.3. The molecule has 0 fully saturated rings. The SMILES string of the molecule is CCOC(C)c1ccc(C(=O)Nc2cccc(Oc3cccc(OC)c3)c2)c(C)n1. The van der Waals surface area contributed by atoms with Crippen LogP contribution in [0.15, 0.2) is 60.7 Å². The molecule has 1 aromatic heterocycles. The molecule has 0 aliphatic carbocycles. The van der Waals surface area contributed by atoms with Gasteiger partial charge in [0.1, 0.15) is 17.2 Å². The number of aromatic nitrogens is 1. The topological polar surface area (TPSA) is 69.7 Å². The van der Waals surface area contributed by atoms with Gasteiger partial charge in [-0.2, -0.15) is 0 Å². The second-order valence-electron chi connectivity index (χ2n) is 6.73. The van der Waals surface area contributed by atoms with Crippen molar-refractivity contribution in [3.8, 4) is 17.2 Å². The van der Waals surface area contributed by atoms with E-state index in [1.54, 1.807) is 25.3 Å². The monoisotopic (exact) mass is 406 g/mol. The third-order valence-corrected chi connectivity index (χ3v) is 4.55. The number of pyridine rings is 1. The summed E-state index contributed by atoms with van der Waals surface area (Å²) in [6, 6.07) is 18.2. The molecule has 0 radical (unpaired) electrons.